The molecule has 108 valence electrons. The first-order valence-corrected chi connectivity index (χ1v) is 7.25. The molecular weight excluding hydrogens is 272 g/mol. The lowest BCUT2D eigenvalue weighted by atomic mass is 9.98. The number of rotatable bonds is 6. The first kappa shape index (κ1) is 14.8. The van der Waals surface area contributed by atoms with Crippen LogP contribution in [0.1, 0.15) is 43.2 Å². The van der Waals surface area contributed by atoms with E-state index in [1.807, 2.05) is 6.07 Å². The van der Waals surface area contributed by atoms with Gasteiger partial charge in [-0.15, -0.1) is 5.10 Å². The van der Waals surface area contributed by atoms with Gasteiger partial charge in [0.1, 0.15) is 5.75 Å². The first-order chi connectivity index (χ1) is 9.56. The Bertz CT molecular complexity index is 616. The molecule has 5 heteroatoms. The molecule has 0 aliphatic carbocycles. The van der Waals surface area contributed by atoms with Crippen LogP contribution in [-0.4, -0.2) is 16.8 Å². The molecule has 0 amide bonds. The molecule has 1 aromatic carbocycles. The van der Waals surface area contributed by atoms with Gasteiger partial charge in [0.25, 0.3) is 4.84 Å². The van der Waals surface area contributed by atoms with E-state index in [0.717, 1.165) is 18.6 Å². The molecule has 0 saturated carbocycles. The summed E-state index contributed by atoms with van der Waals surface area (Å²) in [5, 5.41) is 6.56. The number of hydrogen-bond acceptors (Lipinski definition) is 4. The van der Waals surface area contributed by atoms with E-state index in [1.165, 1.54) is 11.1 Å². The van der Waals surface area contributed by atoms with Crippen LogP contribution in [0.4, 0.5) is 0 Å². The molecule has 0 aliphatic rings. The number of nitrogens with one attached hydrogen (secondary N) is 1. The zero-order valence-corrected chi connectivity index (χ0v) is 12.9. The van der Waals surface area contributed by atoms with Crippen LogP contribution in [0, 0.1) is 11.8 Å². The molecule has 0 saturated heterocycles. The highest BCUT2D eigenvalue weighted by Crippen LogP contribution is 2.23. The zero-order chi connectivity index (χ0) is 14.5. The summed E-state index contributed by atoms with van der Waals surface area (Å²) >= 11 is 4.82. The van der Waals surface area contributed by atoms with Crippen molar-refractivity contribution < 1.29 is 9.15 Å². The summed E-state index contributed by atoms with van der Waals surface area (Å²) in [6.45, 7) is 7.15. The van der Waals surface area contributed by atoms with Gasteiger partial charge in [-0.2, -0.15) is 0 Å². The van der Waals surface area contributed by atoms with Crippen LogP contribution in [0.15, 0.2) is 22.6 Å². The molecule has 0 spiro atoms. The molecule has 1 N–H and O–H groups in total. The third-order valence-electron chi connectivity index (χ3n) is 3.15. The predicted octanol–water partition coefficient (Wildman–Crippen LogP) is 4.18. The number of benzene rings is 1. The van der Waals surface area contributed by atoms with Gasteiger partial charge in [-0.05, 0) is 54.7 Å². The van der Waals surface area contributed by atoms with E-state index < -0.39 is 0 Å². The van der Waals surface area contributed by atoms with Crippen molar-refractivity contribution >= 4 is 12.2 Å². The van der Waals surface area contributed by atoms with E-state index in [2.05, 4.69) is 43.1 Å². The summed E-state index contributed by atoms with van der Waals surface area (Å²) in [6, 6.07) is 6.26. The third-order valence-corrected chi connectivity index (χ3v) is 3.32. The van der Waals surface area contributed by atoms with Crippen LogP contribution < -0.4 is 4.74 Å². The maximum absolute atomic E-state index is 5.74. The predicted molar refractivity (Wildman–Crippen MR) is 80.8 cm³/mol. The minimum absolute atomic E-state index is 0.320. The summed E-state index contributed by atoms with van der Waals surface area (Å²) in [7, 11) is 0. The molecule has 0 fully saturated rings. The highest BCUT2D eigenvalue weighted by Gasteiger charge is 2.05. The number of hydrogen-bond donors (Lipinski definition) is 1. The Balaban J connectivity index is 1.82. The van der Waals surface area contributed by atoms with Crippen molar-refractivity contribution in [1.29, 1.82) is 0 Å². The minimum atomic E-state index is 0.320. The van der Waals surface area contributed by atoms with Crippen LogP contribution in [0.2, 0.25) is 0 Å². The lowest BCUT2D eigenvalue weighted by molar-refractivity contribution is 0.304. The quantitative estimate of drug-likeness (QED) is 0.641. The van der Waals surface area contributed by atoms with Crippen molar-refractivity contribution in [2.75, 3.05) is 6.61 Å². The smallest absolute Gasteiger partial charge is 0.284 e. The number of ether oxygens (including phenoxy) is 1. The highest BCUT2D eigenvalue weighted by molar-refractivity contribution is 7.71. The molecule has 0 atom stereocenters. The van der Waals surface area contributed by atoms with Gasteiger partial charge in [0.15, 0.2) is 0 Å². The molecule has 1 heterocycles. The second kappa shape index (κ2) is 6.70. The van der Waals surface area contributed by atoms with Crippen molar-refractivity contribution in [3.05, 3.63) is 40.1 Å². The maximum atomic E-state index is 5.74. The standard InChI is InChI=1S/C15H20N2O2S/c1-10(2)13-7-6-12(9-11(13)3)18-8-4-5-14-16-17-15(20)19-14/h6-7,9-10H,4-5,8H2,1-3H3,(H,17,20). The summed E-state index contributed by atoms with van der Waals surface area (Å²) in [4.78, 5) is 0.320. The summed E-state index contributed by atoms with van der Waals surface area (Å²) in [6.07, 6.45) is 1.56. The Labute approximate surface area is 124 Å². The first-order valence-electron chi connectivity index (χ1n) is 6.84. The molecule has 2 aromatic rings. The molecule has 20 heavy (non-hydrogen) atoms. The van der Waals surface area contributed by atoms with Gasteiger partial charge in [0, 0.05) is 6.42 Å². The van der Waals surface area contributed by atoms with Crippen LogP contribution in [-0.2, 0) is 6.42 Å². The van der Waals surface area contributed by atoms with Crippen molar-refractivity contribution in [2.45, 2.75) is 39.5 Å². The fourth-order valence-corrected chi connectivity index (χ4v) is 2.31. The van der Waals surface area contributed by atoms with Crippen LogP contribution in [0.3, 0.4) is 0 Å². The number of H-pyrrole nitrogens is 1. The van der Waals surface area contributed by atoms with E-state index in [1.54, 1.807) is 0 Å². The van der Waals surface area contributed by atoms with E-state index in [9.17, 15) is 0 Å². The van der Waals surface area contributed by atoms with Crippen LogP contribution in [0.5, 0.6) is 5.75 Å². The molecule has 1 aromatic heterocycles. The average molecular weight is 292 g/mol. The second-order valence-corrected chi connectivity index (χ2v) is 5.50. The Morgan fingerprint density at radius 1 is 1.40 bits per heavy atom. The molecule has 0 aliphatic heterocycles. The number of aromatic amines is 1. The van der Waals surface area contributed by atoms with Crippen molar-refractivity contribution in [1.82, 2.24) is 10.2 Å². The maximum Gasteiger partial charge on any atom is 0.284 e. The highest BCUT2D eigenvalue weighted by atomic mass is 32.1. The van der Waals surface area contributed by atoms with Gasteiger partial charge in [0.05, 0.1) is 6.61 Å². The molecule has 0 radical (unpaired) electrons. The van der Waals surface area contributed by atoms with Crippen LogP contribution in [0.25, 0.3) is 0 Å². The zero-order valence-electron chi connectivity index (χ0n) is 12.1. The van der Waals surface area contributed by atoms with E-state index >= 15 is 0 Å². The van der Waals surface area contributed by atoms with Gasteiger partial charge < -0.3 is 9.15 Å². The summed E-state index contributed by atoms with van der Waals surface area (Å²) in [5.74, 6) is 2.08. The summed E-state index contributed by atoms with van der Waals surface area (Å²) < 4.78 is 10.9. The fourth-order valence-electron chi connectivity index (χ4n) is 2.17. The van der Waals surface area contributed by atoms with Crippen LogP contribution >= 0.6 is 12.2 Å². The minimum Gasteiger partial charge on any atom is -0.494 e. The topological polar surface area (TPSA) is 51.0 Å². The Morgan fingerprint density at radius 3 is 2.80 bits per heavy atom. The average Bonchev–Trinajstić information content (AvgIpc) is 2.80. The van der Waals surface area contributed by atoms with Crippen molar-refractivity contribution in [3.8, 4) is 5.75 Å². The van der Waals surface area contributed by atoms with Gasteiger partial charge >= 0.3 is 0 Å². The molecule has 4 nitrogen and oxygen atoms in total. The van der Waals surface area contributed by atoms with E-state index in [0.29, 0.717) is 23.3 Å². The van der Waals surface area contributed by atoms with Gasteiger partial charge in [0.2, 0.25) is 5.89 Å². The molecule has 2 rings (SSSR count). The summed E-state index contributed by atoms with van der Waals surface area (Å²) in [5.41, 5.74) is 2.64. The largest absolute Gasteiger partial charge is 0.494 e. The third kappa shape index (κ3) is 3.93. The monoisotopic (exact) mass is 292 g/mol. The second-order valence-electron chi connectivity index (χ2n) is 5.13. The Hall–Kier alpha value is -1.62. The molecular formula is C15H20N2O2S. The van der Waals surface area contributed by atoms with Gasteiger partial charge in [-0.3, -0.25) is 0 Å². The fraction of sp³-hybridized carbons (Fsp3) is 0.467. The SMILES string of the molecule is Cc1cc(OCCCc2n[nH]c(=S)o2)ccc1C(C)C. The number of aromatic nitrogens is 2. The Morgan fingerprint density at radius 2 is 2.20 bits per heavy atom. The number of nitrogens with zero attached hydrogens (tertiary/aromatic N) is 1. The van der Waals surface area contributed by atoms with Gasteiger partial charge in [-0.1, -0.05) is 19.9 Å². The van der Waals surface area contributed by atoms with E-state index in [-0.39, 0.29) is 0 Å². The normalized spacial score (nSPS) is 11.0. The Kier molecular flexibility index (Phi) is 4.95. The lowest BCUT2D eigenvalue weighted by Crippen LogP contribution is -2.01. The van der Waals surface area contributed by atoms with Crippen molar-refractivity contribution in [3.63, 3.8) is 0 Å². The number of aryl methyl sites for hydroxylation is 2. The van der Waals surface area contributed by atoms with E-state index in [4.69, 9.17) is 21.4 Å². The molecule has 0 bridgehead atoms. The van der Waals surface area contributed by atoms with Gasteiger partial charge in [-0.25, -0.2) is 5.10 Å². The molecule has 0 unspecified atom stereocenters. The lowest BCUT2D eigenvalue weighted by Gasteiger charge is -2.12. The van der Waals surface area contributed by atoms with Crippen molar-refractivity contribution in [2.24, 2.45) is 0 Å².